The van der Waals surface area contributed by atoms with Crippen LogP contribution in [-0.2, 0) is 35.1 Å². The standard InChI is InChI=1S/C17H17N3O8S2.Na/c1-8(21)27-6-9-7-30-15-17(28-16(18)26,14(25)20(15)12(9)13(23)24)19-11(22)5-10-3-2-4-29-10;/h2-4,15H,5-7H2,1H3,(H2,18,26)(H,19,22)(H,23,24);/q;+1/p-1/t15-,17-;/m1./s1. The SMILES string of the molecule is CC(=O)OCC1=C(C(=O)[O-])N2C(=O)[C@@](NC(=O)Cc3cccs3)(OC(N)=O)[C@H]2SC1.[Na+]. The molecule has 3 heterocycles. The van der Waals surface area contributed by atoms with E-state index in [0.717, 1.165) is 23.6 Å². The number of fused-ring (bicyclic) bond motifs is 1. The Morgan fingerprint density at radius 3 is 2.65 bits per heavy atom. The number of rotatable bonds is 7. The Hall–Kier alpha value is -2.06. The second kappa shape index (κ2) is 10.0. The number of ether oxygens (including phenoxy) is 2. The number of carbonyl (C=O) groups is 5. The first-order valence-electron chi connectivity index (χ1n) is 8.49. The number of nitrogens with one attached hydrogen (secondary N) is 1. The number of nitrogens with zero attached hydrogens (tertiary/aromatic N) is 1. The number of carboxylic acids is 1. The number of β-lactam (4-membered cyclic amide) rings is 1. The van der Waals surface area contributed by atoms with Crippen molar-refractivity contribution >= 4 is 52.9 Å². The molecule has 2 aliphatic rings. The summed E-state index contributed by atoms with van der Waals surface area (Å²) in [5, 5.41) is 14.8. The van der Waals surface area contributed by atoms with Crippen LogP contribution in [0.5, 0.6) is 0 Å². The van der Waals surface area contributed by atoms with E-state index in [1.165, 1.54) is 11.3 Å². The van der Waals surface area contributed by atoms with E-state index in [1.54, 1.807) is 17.5 Å². The number of aliphatic carboxylic acids is 1. The Morgan fingerprint density at radius 2 is 2.10 bits per heavy atom. The minimum atomic E-state index is -2.15. The van der Waals surface area contributed by atoms with Crippen molar-refractivity contribution in [2.45, 2.75) is 24.4 Å². The van der Waals surface area contributed by atoms with Gasteiger partial charge in [-0.05, 0) is 11.4 Å². The predicted molar refractivity (Wildman–Crippen MR) is 101 cm³/mol. The van der Waals surface area contributed by atoms with Crippen molar-refractivity contribution in [1.82, 2.24) is 10.2 Å². The molecule has 11 nitrogen and oxygen atoms in total. The smallest absolute Gasteiger partial charge is 0.543 e. The molecule has 0 unspecified atom stereocenters. The van der Waals surface area contributed by atoms with Crippen molar-refractivity contribution in [1.29, 1.82) is 0 Å². The molecule has 1 aromatic heterocycles. The zero-order chi connectivity index (χ0) is 22.1. The van der Waals surface area contributed by atoms with E-state index in [9.17, 15) is 29.1 Å². The molecule has 14 heteroatoms. The number of amides is 3. The van der Waals surface area contributed by atoms with Gasteiger partial charge in [0.25, 0.3) is 11.6 Å². The van der Waals surface area contributed by atoms with Gasteiger partial charge in [0.15, 0.2) is 5.37 Å². The Kier molecular flexibility index (Phi) is 8.16. The maximum Gasteiger partial charge on any atom is 1.00 e. The molecule has 0 radical (unpaired) electrons. The summed E-state index contributed by atoms with van der Waals surface area (Å²) in [6.07, 6.45) is -1.39. The van der Waals surface area contributed by atoms with Crippen LogP contribution in [-0.4, -0.2) is 58.2 Å². The van der Waals surface area contributed by atoms with Gasteiger partial charge in [-0.15, -0.1) is 23.1 Å². The zero-order valence-electron chi connectivity index (χ0n) is 16.5. The number of hydrogen-bond acceptors (Lipinski definition) is 10. The van der Waals surface area contributed by atoms with Crippen molar-refractivity contribution < 1.29 is 68.1 Å². The van der Waals surface area contributed by atoms with Crippen molar-refractivity contribution in [2.24, 2.45) is 5.73 Å². The molecule has 3 N–H and O–H groups in total. The Bertz CT molecular complexity index is 951. The van der Waals surface area contributed by atoms with E-state index >= 15 is 0 Å². The van der Waals surface area contributed by atoms with E-state index in [4.69, 9.17) is 15.2 Å². The third-order valence-corrected chi connectivity index (χ3v) is 6.50. The van der Waals surface area contributed by atoms with E-state index < -0.39 is 46.6 Å². The maximum atomic E-state index is 12.9. The normalized spacial score (nSPS) is 21.9. The Labute approximate surface area is 206 Å². The molecular formula is C17H16N3NaO8S2. The summed E-state index contributed by atoms with van der Waals surface area (Å²) in [7, 11) is 0. The molecule has 2 aliphatic heterocycles. The summed E-state index contributed by atoms with van der Waals surface area (Å²) in [6, 6.07) is 3.46. The number of thiophene rings is 1. The Balaban J connectivity index is 0.00000341. The van der Waals surface area contributed by atoms with E-state index in [-0.39, 0.29) is 53.9 Å². The number of primary amides is 1. The monoisotopic (exact) mass is 477 g/mol. The average molecular weight is 477 g/mol. The largest absolute Gasteiger partial charge is 1.00 e. The third-order valence-electron chi connectivity index (χ3n) is 4.25. The van der Waals surface area contributed by atoms with Crippen LogP contribution in [0.4, 0.5) is 4.79 Å². The van der Waals surface area contributed by atoms with Gasteiger partial charge in [-0.1, -0.05) is 6.07 Å². The van der Waals surface area contributed by atoms with Gasteiger partial charge in [0.05, 0.1) is 18.1 Å². The first-order valence-corrected chi connectivity index (χ1v) is 10.4. The van der Waals surface area contributed by atoms with Gasteiger partial charge in [0.2, 0.25) is 5.91 Å². The quantitative estimate of drug-likeness (QED) is 0.171. The van der Waals surface area contributed by atoms with Crippen LogP contribution >= 0.6 is 23.1 Å². The molecule has 1 saturated heterocycles. The molecule has 0 aromatic carbocycles. The summed E-state index contributed by atoms with van der Waals surface area (Å²) < 4.78 is 9.82. The van der Waals surface area contributed by atoms with Gasteiger partial charge >= 0.3 is 41.6 Å². The molecule has 2 atom stereocenters. The molecule has 0 aliphatic carbocycles. The van der Waals surface area contributed by atoms with Gasteiger partial charge in [-0.2, -0.15) is 0 Å². The first kappa shape index (κ1) is 25.2. The summed E-state index contributed by atoms with van der Waals surface area (Å²) in [6.45, 7) is 0.804. The minimum absolute atomic E-state index is 0. The van der Waals surface area contributed by atoms with Gasteiger partial charge < -0.3 is 30.4 Å². The van der Waals surface area contributed by atoms with Crippen LogP contribution in [0.15, 0.2) is 28.8 Å². The maximum absolute atomic E-state index is 12.9. The van der Waals surface area contributed by atoms with Crippen LogP contribution in [0.2, 0.25) is 0 Å². The average Bonchev–Trinajstić information content (AvgIpc) is 3.16. The molecule has 3 rings (SSSR count). The molecule has 160 valence electrons. The molecule has 0 saturated carbocycles. The summed E-state index contributed by atoms with van der Waals surface area (Å²) >= 11 is 2.34. The van der Waals surface area contributed by atoms with Gasteiger partial charge in [0, 0.05) is 23.1 Å². The van der Waals surface area contributed by atoms with Crippen LogP contribution in [0.25, 0.3) is 0 Å². The molecule has 3 amide bonds. The number of carboxylic acid groups (broad SMARTS) is 1. The van der Waals surface area contributed by atoms with Crippen LogP contribution in [0, 0.1) is 0 Å². The third kappa shape index (κ3) is 5.06. The topological polar surface area (TPSA) is 168 Å². The van der Waals surface area contributed by atoms with Crippen LogP contribution < -0.4 is 45.7 Å². The minimum Gasteiger partial charge on any atom is -0.543 e. The van der Waals surface area contributed by atoms with Gasteiger partial charge in [0.1, 0.15) is 6.61 Å². The van der Waals surface area contributed by atoms with Crippen LogP contribution in [0.3, 0.4) is 0 Å². The number of esters is 1. The van der Waals surface area contributed by atoms with Gasteiger partial charge in [-0.3, -0.25) is 19.3 Å². The molecule has 1 aromatic rings. The molecule has 31 heavy (non-hydrogen) atoms. The van der Waals surface area contributed by atoms with Crippen molar-refractivity contribution in [3.05, 3.63) is 33.7 Å². The van der Waals surface area contributed by atoms with Gasteiger partial charge in [-0.25, -0.2) is 4.79 Å². The zero-order valence-corrected chi connectivity index (χ0v) is 20.2. The number of carbonyl (C=O) groups excluding carboxylic acids is 5. The van der Waals surface area contributed by atoms with Crippen molar-refractivity contribution in [3.63, 3.8) is 0 Å². The molecule has 1 fully saturated rings. The fraction of sp³-hybridized carbons (Fsp3) is 0.353. The van der Waals surface area contributed by atoms with Crippen molar-refractivity contribution in [3.8, 4) is 0 Å². The van der Waals surface area contributed by atoms with E-state index in [1.807, 2.05) is 0 Å². The predicted octanol–water partition coefficient (Wildman–Crippen LogP) is -4.32. The first-order chi connectivity index (χ1) is 14.2. The number of nitrogens with two attached hydrogens (primary N) is 1. The number of hydrogen-bond donors (Lipinski definition) is 2. The fourth-order valence-corrected chi connectivity index (χ4v) is 5.17. The molecule has 0 spiro atoms. The number of thioether (sulfide) groups is 1. The molecular weight excluding hydrogens is 461 g/mol. The van der Waals surface area contributed by atoms with E-state index in [0.29, 0.717) is 4.88 Å². The Morgan fingerprint density at radius 1 is 1.39 bits per heavy atom. The summed E-state index contributed by atoms with van der Waals surface area (Å²) in [5.74, 6) is -3.90. The van der Waals surface area contributed by atoms with Crippen LogP contribution in [0.1, 0.15) is 11.8 Å². The van der Waals surface area contributed by atoms with E-state index in [2.05, 4.69) is 5.32 Å². The molecule has 0 bridgehead atoms. The van der Waals surface area contributed by atoms with Crippen molar-refractivity contribution in [2.75, 3.05) is 12.4 Å². The second-order valence-corrected chi connectivity index (χ2v) is 8.42. The summed E-state index contributed by atoms with van der Waals surface area (Å²) in [5.41, 5.74) is 2.58. The summed E-state index contributed by atoms with van der Waals surface area (Å²) in [4.78, 5) is 61.1. The second-order valence-electron chi connectivity index (χ2n) is 6.32. The fourth-order valence-electron chi connectivity index (χ4n) is 3.09.